The van der Waals surface area contributed by atoms with E-state index in [4.69, 9.17) is 10.3 Å². The van der Waals surface area contributed by atoms with E-state index in [1.165, 1.54) is 6.26 Å². The average molecular weight is 327 g/mol. The van der Waals surface area contributed by atoms with Gasteiger partial charge >= 0.3 is 0 Å². The van der Waals surface area contributed by atoms with E-state index in [1.54, 1.807) is 12.1 Å². The summed E-state index contributed by atoms with van der Waals surface area (Å²) in [6.07, 6.45) is 1.39. The van der Waals surface area contributed by atoms with Crippen LogP contribution >= 0.6 is 0 Å². The number of hydrazine groups is 1. The molecule has 1 aromatic carbocycles. The zero-order chi connectivity index (χ0) is 16.2. The second kappa shape index (κ2) is 6.69. The molecule has 0 radical (unpaired) electrons. The summed E-state index contributed by atoms with van der Waals surface area (Å²) in [5.41, 5.74) is 1.87. The minimum atomic E-state index is -4.01. The number of furan rings is 1. The third kappa shape index (κ3) is 3.70. The predicted molar refractivity (Wildman–Crippen MR) is 75.0 cm³/mol. The number of nitrogens with zero attached hydrogens (tertiary/aromatic N) is 1. The molecule has 0 saturated heterocycles. The molecule has 0 unspecified atom stereocenters. The van der Waals surface area contributed by atoms with Gasteiger partial charge in [0.2, 0.25) is 15.9 Å². The smallest absolute Gasteiger partial charge is 0.249 e. The Bertz CT molecular complexity index is 729. The second-order valence-electron chi connectivity index (χ2n) is 4.37. The minimum absolute atomic E-state index is 0.134. The standard InChI is InChI=1S/C13H14FN3O4S/c14-10-3-5-12(6-4-10)22(19,20)17(9-13(18)16-15)8-11-2-1-7-21-11/h1-7H,8-9,15H2,(H,16,18). The van der Waals surface area contributed by atoms with Crippen molar-refractivity contribution < 1.29 is 22.0 Å². The van der Waals surface area contributed by atoms with Gasteiger partial charge in [0, 0.05) is 0 Å². The lowest BCUT2D eigenvalue weighted by Gasteiger charge is -2.20. The van der Waals surface area contributed by atoms with Crippen LogP contribution in [0.25, 0.3) is 0 Å². The average Bonchev–Trinajstić information content (AvgIpc) is 3.00. The molecule has 1 aromatic heterocycles. The number of rotatable bonds is 6. The van der Waals surface area contributed by atoms with Gasteiger partial charge in [-0.2, -0.15) is 4.31 Å². The van der Waals surface area contributed by atoms with Crippen molar-refractivity contribution in [3.8, 4) is 0 Å². The van der Waals surface area contributed by atoms with Crippen LogP contribution in [0, 0.1) is 5.82 Å². The van der Waals surface area contributed by atoms with E-state index in [-0.39, 0.29) is 11.4 Å². The number of nitrogens with one attached hydrogen (secondary N) is 1. The number of amides is 1. The first-order valence-electron chi connectivity index (χ1n) is 6.21. The van der Waals surface area contributed by atoms with E-state index in [9.17, 15) is 17.6 Å². The maximum Gasteiger partial charge on any atom is 0.249 e. The molecule has 1 heterocycles. The van der Waals surface area contributed by atoms with Gasteiger partial charge in [-0.05, 0) is 36.4 Å². The monoisotopic (exact) mass is 327 g/mol. The third-order valence-corrected chi connectivity index (χ3v) is 4.65. The summed E-state index contributed by atoms with van der Waals surface area (Å²) in [6, 6.07) is 7.48. The molecular weight excluding hydrogens is 313 g/mol. The van der Waals surface area contributed by atoms with Crippen LogP contribution in [0.3, 0.4) is 0 Å². The van der Waals surface area contributed by atoms with Crippen LogP contribution in [0.2, 0.25) is 0 Å². The van der Waals surface area contributed by atoms with E-state index in [2.05, 4.69) is 0 Å². The minimum Gasteiger partial charge on any atom is -0.468 e. The van der Waals surface area contributed by atoms with Gasteiger partial charge in [0.25, 0.3) is 0 Å². The largest absolute Gasteiger partial charge is 0.468 e. The number of benzene rings is 1. The highest BCUT2D eigenvalue weighted by molar-refractivity contribution is 7.89. The summed E-state index contributed by atoms with van der Waals surface area (Å²) in [6.45, 7) is -0.642. The van der Waals surface area contributed by atoms with Gasteiger partial charge in [0.1, 0.15) is 11.6 Å². The summed E-state index contributed by atoms with van der Waals surface area (Å²) in [4.78, 5) is 11.3. The fourth-order valence-corrected chi connectivity index (χ4v) is 3.13. The van der Waals surface area contributed by atoms with Gasteiger partial charge in [0.05, 0.1) is 24.2 Å². The van der Waals surface area contributed by atoms with Crippen LogP contribution < -0.4 is 11.3 Å². The van der Waals surface area contributed by atoms with Crippen LogP contribution in [-0.4, -0.2) is 25.2 Å². The zero-order valence-corrected chi connectivity index (χ0v) is 12.2. The van der Waals surface area contributed by atoms with Crippen molar-refractivity contribution in [1.29, 1.82) is 0 Å². The number of sulfonamides is 1. The SMILES string of the molecule is NNC(=O)CN(Cc1ccco1)S(=O)(=O)c1ccc(F)cc1. The van der Waals surface area contributed by atoms with Crippen LogP contribution in [0.1, 0.15) is 5.76 Å². The van der Waals surface area contributed by atoms with Crippen molar-refractivity contribution in [3.63, 3.8) is 0 Å². The van der Waals surface area contributed by atoms with E-state index in [1.807, 2.05) is 5.43 Å². The van der Waals surface area contributed by atoms with Crippen molar-refractivity contribution in [2.24, 2.45) is 5.84 Å². The van der Waals surface area contributed by atoms with Gasteiger partial charge in [-0.15, -0.1) is 0 Å². The van der Waals surface area contributed by atoms with Gasteiger partial charge in [-0.1, -0.05) is 0 Å². The molecule has 2 rings (SSSR count). The summed E-state index contributed by atoms with van der Waals surface area (Å²) < 4.78 is 44.1. The van der Waals surface area contributed by atoms with Crippen LogP contribution in [0.4, 0.5) is 4.39 Å². The third-order valence-electron chi connectivity index (χ3n) is 2.84. The number of carbonyl (C=O) groups excluding carboxylic acids is 1. The summed E-state index contributed by atoms with van der Waals surface area (Å²) >= 11 is 0. The molecule has 0 fully saturated rings. The number of carbonyl (C=O) groups is 1. The summed E-state index contributed by atoms with van der Waals surface area (Å²) in [5.74, 6) is 4.12. The van der Waals surface area contributed by atoms with E-state index in [0.29, 0.717) is 5.76 Å². The highest BCUT2D eigenvalue weighted by Gasteiger charge is 2.27. The molecule has 0 aliphatic heterocycles. The molecule has 22 heavy (non-hydrogen) atoms. The summed E-state index contributed by atoms with van der Waals surface area (Å²) in [7, 11) is -4.01. The molecule has 0 aliphatic carbocycles. The van der Waals surface area contributed by atoms with Crippen molar-refractivity contribution in [3.05, 3.63) is 54.2 Å². The maximum atomic E-state index is 12.9. The lowest BCUT2D eigenvalue weighted by molar-refractivity contribution is -0.121. The molecule has 0 bridgehead atoms. The molecule has 0 atom stereocenters. The van der Waals surface area contributed by atoms with Crippen LogP contribution in [0.5, 0.6) is 0 Å². The Labute approximate surface area is 126 Å². The van der Waals surface area contributed by atoms with Crippen LogP contribution in [-0.2, 0) is 21.4 Å². The zero-order valence-electron chi connectivity index (χ0n) is 11.4. The first-order valence-corrected chi connectivity index (χ1v) is 7.65. The lowest BCUT2D eigenvalue weighted by atomic mass is 10.4. The Balaban J connectivity index is 2.33. The fourth-order valence-electron chi connectivity index (χ4n) is 1.76. The highest BCUT2D eigenvalue weighted by Crippen LogP contribution is 2.18. The lowest BCUT2D eigenvalue weighted by Crippen LogP contribution is -2.42. The van der Waals surface area contributed by atoms with E-state index < -0.39 is 28.3 Å². The molecule has 0 aliphatic rings. The molecule has 9 heteroatoms. The number of hydrogen-bond acceptors (Lipinski definition) is 5. The quantitative estimate of drug-likeness (QED) is 0.459. The highest BCUT2D eigenvalue weighted by atomic mass is 32.2. The second-order valence-corrected chi connectivity index (χ2v) is 6.31. The van der Waals surface area contributed by atoms with Gasteiger partial charge in [-0.3, -0.25) is 10.2 Å². The summed E-state index contributed by atoms with van der Waals surface area (Å²) in [5, 5.41) is 0. The van der Waals surface area contributed by atoms with Crippen LogP contribution in [0.15, 0.2) is 52.0 Å². The fraction of sp³-hybridized carbons (Fsp3) is 0.154. The predicted octanol–water partition coefficient (Wildman–Crippen LogP) is 0.600. The molecule has 1 amide bonds. The maximum absolute atomic E-state index is 12.9. The Morgan fingerprint density at radius 3 is 2.50 bits per heavy atom. The van der Waals surface area contributed by atoms with Gasteiger partial charge in [0.15, 0.2) is 0 Å². The molecular formula is C13H14FN3O4S. The Kier molecular flexibility index (Phi) is 4.91. The Morgan fingerprint density at radius 1 is 1.27 bits per heavy atom. The molecule has 0 saturated carbocycles. The first kappa shape index (κ1) is 16.1. The Morgan fingerprint density at radius 2 is 1.95 bits per heavy atom. The van der Waals surface area contributed by atoms with E-state index >= 15 is 0 Å². The number of hydrogen-bond donors (Lipinski definition) is 2. The topological polar surface area (TPSA) is 106 Å². The van der Waals surface area contributed by atoms with Crippen molar-refractivity contribution >= 4 is 15.9 Å². The van der Waals surface area contributed by atoms with E-state index in [0.717, 1.165) is 28.6 Å². The van der Waals surface area contributed by atoms with Gasteiger partial charge < -0.3 is 4.42 Å². The first-order chi connectivity index (χ1) is 10.4. The number of nitrogens with two attached hydrogens (primary N) is 1. The van der Waals surface area contributed by atoms with Crippen molar-refractivity contribution in [2.75, 3.05) is 6.54 Å². The Hall–Kier alpha value is -2.23. The molecule has 0 spiro atoms. The normalized spacial score (nSPS) is 11.6. The van der Waals surface area contributed by atoms with Crippen molar-refractivity contribution in [2.45, 2.75) is 11.4 Å². The molecule has 7 nitrogen and oxygen atoms in total. The van der Waals surface area contributed by atoms with Gasteiger partial charge in [-0.25, -0.2) is 18.7 Å². The molecule has 118 valence electrons. The van der Waals surface area contributed by atoms with Crippen molar-refractivity contribution in [1.82, 2.24) is 9.73 Å². The molecule has 2 aromatic rings. The number of halogens is 1. The molecule has 3 N–H and O–H groups in total.